The van der Waals surface area contributed by atoms with Crippen LogP contribution in [0.3, 0.4) is 0 Å². The maximum absolute atomic E-state index is 5.19. The van der Waals surface area contributed by atoms with E-state index in [1.54, 1.807) is 6.20 Å². The Hall–Kier alpha value is -0.220. The van der Waals surface area contributed by atoms with E-state index in [9.17, 15) is 0 Å². The Morgan fingerprint density at radius 3 is 2.57 bits per heavy atom. The second-order valence-corrected chi connectivity index (χ2v) is 1.80. The van der Waals surface area contributed by atoms with Crippen LogP contribution in [0.1, 0.15) is 0 Å². The van der Waals surface area contributed by atoms with Crippen LogP contribution in [0.5, 0.6) is 0 Å². The minimum absolute atomic E-state index is 0. The van der Waals surface area contributed by atoms with Crippen molar-refractivity contribution in [2.75, 3.05) is 5.73 Å². The summed E-state index contributed by atoms with van der Waals surface area (Å²) in [5, 5.41) is 2.48. The maximum Gasteiger partial charge on any atom is 0.179 e. The lowest BCUT2D eigenvalue weighted by Gasteiger charge is -1.67. The molecule has 4 heteroatoms. The molecule has 0 fully saturated rings. The largest absolute Gasteiger partial charge is 0.375 e. The van der Waals surface area contributed by atoms with Gasteiger partial charge in [-0.1, -0.05) is 0 Å². The molecule has 0 unspecified atom stereocenters. The fourth-order valence-corrected chi connectivity index (χ4v) is 0.617. The van der Waals surface area contributed by atoms with Crippen LogP contribution in [-0.2, 0) is 0 Å². The van der Waals surface area contributed by atoms with Gasteiger partial charge < -0.3 is 5.73 Å². The van der Waals surface area contributed by atoms with Gasteiger partial charge in [-0.25, -0.2) is 4.98 Å². The Kier molecular flexibility index (Phi) is 2.78. The summed E-state index contributed by atoms with van der Waals surface area (Å²) < 4.78 is 0. The number of aromatic nitrogens is 1. The molecule has 7 heavy (non-hydrogen) atoms. The van der Waals surface area contributed by atoms with Gasteiger partial charge in [-0.15, -0.1) is 11.3 Å². The molecule has 0 aliphatic heterocycles. The van der Waals surface area contributed by atoms with Crippen molar-refractivity contribution in [3.05, 3.63) is 11.6 Å². The Morgan fingerprint density at radius 2 is 2.43 bits per heavy atom. The number of rotatable bonds is 0. The number of nitrogens with zero attached hydrogens (tertiary/aromatic N) is 1. The molecule has 0 radical (unpaired) electrons. The van der Waals surface area contributed by atoms with Gasteiger partial charge in [0.15, 0.2) is 5.13 Å². The summed E-state index contributed by atoms with van der Waals surface area (Å²) >= 11 is 1.44. The third kappa shape index (κ3) is 1.80. The van der Waals surface area contributed by atoms with Crippen LogP contribution < -0.4 is 5.73 Å². The molecule has 0 bridgehead atoms. The lowest BCUT2D eigenvalue weighted by atomic mass is 11.0. The van der Waals surface area contributed by atoms with Crippen molar-refractivity contribution in [2.24, 2.45) is 0 Å². The molecule has 2 nitrogen and oxygen atoms in total. The number of hydrogen-bond acceptors (Lipinski definition) is 3. The Labute approximate surface area is 52.8 Å². The highest BCUT2D eigenvalue weighted by Crippen LogP contribution is 2.02. The Balaban J connectivity index is 0.000000360. The average molecular weight is 134 g/mol. The molecule has 0 saturated carbocycles. The highest BCUT2D eigenvalue weighted by atomic mass is 32.1. The first-order valence-corrected chi connectivity index (χ1v) is 2.42. The third-order valence-electron chi connectivity index (χ3n) is 0.451. The fourth-order valence-electron chi connectivity index (χ4n) is 0.234. The number of hydrogen-bond donors (Lipinski definition) is 1. The van der Waals surface area contributed by atoms with E-state index in [0.29, 0.717) is 5.13 Å². The first-order valence-electron chi connectivity index (χ1n) is 1.54. The topological polar surface area (TPSA) is 38.9 Å². The monoisotopic (exact) mass is 134 g/mol. The molecule has 1 aromatic heterocycles. The summed E-state index contributed by atoms with van der Waals surface area (Å²) in [6.07, 6.45) is 1.68. The molecule has 1 aromatic rings. The van der Waals surface area contributed by atoms with Gasteiger partial charge in [0.05, 0.1) is 0 Å². The van der Waals surface area contributed by atoms with Crippen molar-refractivity contribution in [3.63, 3.8) is 0 Å². The van der Waals surface area contributed by atoms with Crippen LogP contribution in [0.2, 0.25) is 0 Å². The normalized spacial score (nSPS) is 7.43. The molecule has 2 N–H and O–H groups in total. The van der Waals surface area contributed by atoms with Crippen molar-refractivity contribution in [3.8, 4) is 0 Å². The van der Waals surface area contributed by atoms with Crippen molar-refractivity contribution < 1.29 is 0 Å². The molecule has 0 saturated heterocycles. The smallest absolute Gasteiger partial charge is 0.179 e. The van der Waals surface area contributed by atoms with Gasteiger partial charge in [0, 0.05) is 11.6 Å². The first kappa shape index (κ1) is 6.78. The molecule has 0 aliphatic rings. The predicted molar refractivity (Wildman–Crippen MR) is 36.9 cm³/mol. The van der Waals surface area contributed by atoms with Gasteiger partial charge >= 0.3 is 0 Å². The van der Waals surface area contributed by atoms with Gasteiger partial charge in [0.2, 0.25) is 0 Å². The zero-order chi connectivity index (χ0) is 4.41. The van der Waals surface area contributed by atoms with Crippen molar-refractivity contribution in [1.82, 2.24) is 4.98 Å². The molecule has 0 aromatic carbocycles. The zero-order valence-electron chi connectivity index (χ0n) is 3.59. The predicted octanol–water partition coefficient (Wildman–Crippen LogP) is 0.838. The molecule has 1 rings (SSSR count). The van der Waals surface area contributed by atoms with Crippen LogP contribution in [0, 0.1) is 0 Å². The standard InChI is InChI=1S/C3H4N2S.H2S/c4-3-5-1-2-6-3;/h1-2H,(H2,4,5);1H2. The SMILES string of the molecule is Nc1nccs1.S. The third-order valence-corrected chi connectivity index (χ3v) is 1.06. The van der Waals surface area contributed by atoms with Crippen LogP contribution in [0.25, 0.3) is 0 Å². The summed E-state index contributed by atoms with van der Waals surface area (Å²) in [7, 11) is 0. The number of anilines is 1. The summed E-state index contributed by atoms with van der Waals surface area (Å²) in [6.45, 7) is 0. The minimum Gasteiger partial charge on any atom is -0.375 e. The molecule has 0 atom stereocenters. The van der Waals surface area contributed by atoms with E-state index in [-0.39, 0.29) is 13.5 Å². The van der Waals surface area contributed by atoms with Gasteiger partial charge in [0.1, 0.15) is 0 Å². The van der Waals surface area contributed by atoms with Gasteiger partial charge in [0.25, 0.3) is 0 Å². The maximum atomic E-state index is 5.19. The van der Waals surface area contributed by atoms with E-state index in [1.807, 2.05) is 5.38 Å². The number of nitrogen functional groups attached to an aromatic ring is 1. The van der Waals surface area contributed by atoms with Crippen LogP contribution >= 0.6 is 24.8 Å². The molecule has 0 spiro atoms. The van der Waals surface area contributed by atoms with Crippen LogP contribution in [-0.4, -0.2) is 4.98 Å². The second-order valence-electron chi connectivity index (χ2n) is 0.870. The average Bonchev–Trinajstić information content (AvgIpc) is 1.86. The van der Waals surface area contributed by atoms with E-state index < -0.39 is 0 Å². The first-order chi connectivity index (χ1) is 2.89. The lowest BCUT2D eigenvalue weighted by molar-refractivity contribution is 1.43. The molecule has 1 heterocycles. The van der Waals surface area contributed by atoms with E-state index in [1.165, 1.54) is 11.3 Å². The second kappa shape index (κ2) is 2.87. The minimum atomic E-state index is 0. The van der Waals surface area contributed by atoms with Gasteiger partial charge in [-0.2, -0.15) is 13.5 Å². The molecular formula is C3H6N2S2. The number of thiazole rings is 1. The van der Waals surface area contributed by atoms with Crippen molar-refractivity contribution >= 4 is 30.0 Å². The zero-order valence-corrected chi connectivity index (χ0v) is 5.40. The molecule has 0 aliphatic carbocycles. The Bertz CT molecular complexity index is 114. The molecule has 40 valence electrons. The van der Waals surface area contributed by atoms with Gasteiger partial charge in [-0.3, -0.25) is 0 Å². The summed E-state index contributed by atoms with van der Waals surface area (Å²) in [4.78, 5) is 3.71. The van der Waals surface area contributed by atoms with Gasteiger partial charge in [-0.05, 0) is 0 Å². The highest BCUT2D eigenvalue weighted by Gasteiger charge is 1.76. The number of nitrogens with two attached hydrogens (primary N) is 1. The molecule has 0 amide bonds. The lowest BCUT2D eigenvalue weighted by Crippen LogP contribution is -1.77. The van der Waals surface area contributed by atoms with Crippen LogP contribution in [0.4, 0.5) is 5.13 Å². The summed E-state index contributed by atoms with van der Waals surface area (Å²) in [5.41, 5.74) is 5.19. The highest BCUT2D eigenvalue weighted by molar-refractivity contribution is 7.59. The molecular weight excluding hydrogens is 128 g/mol. The van der Waals surface area contributed by atoms with E-state index in [2.05, 4.69) is 4.98 Å². The van der Waals surface area contributed by atoms with Crippen molar-refractivity contribution in [1.29, 1.82) is 0 Å². The Morgan fingerprint density at radius 1 is 1.71 bits per heavy atom. The van der Waals surface area contributed by atoms with E-state index >= 15 is 0 Å². The fraction of sp³-hybridized carbons (Fsp3) is 0. The van der Waals surface area contributed by atoms with E-state index in [0.717, 1.165) is 0 Å². The van der Waals surface area contributed by atoms with E-state index in [4.69, 9.17) is 5.73 Å². The quantitative estimate of drug-likeness (QED) is 0.571. The van der Waals surface area contributed by atoms with Crippen molar-refractivity contribution in [2.45, 2.75) is 0 Å². The summed E-state index contributed by atoms with van der Waals surface area (Å²) in [5.74, 6) is 0. The van der Waals surface area contributed by atoms with Crippen LogP contribution in [0.15, 0.2) is 11.6 Å². The summed E-state index contributed by atoms with van der Waals surface area (Å²) in [6, 6.07) is 0.